The number of aromatic amines is 1. The molecular formula is C22H25N5O2. The standard InChI is InChI=1S/C22H25N5O2/c1-12(2)25-20-16(22(29)27-17(7-8-28)14-4-5-14)11-24-19-15-6-3-13(10-23)9-18(15)26-21(19)20/h3,6,9,11-12,14,17,24-25,28H,4-5,7-8H2,1-2H3,(H,27,29). The van der Waals surface area contributed by atoms with Gasteiger partial charge in [-0.2, -0.15) is 5.26 Å². The minimum atomic E-state index is -0.179. The third-order valence-electron chi connectivity index (χ3n) is 5.36. The molecule has 1 saturated carbocycles. The number of H-pyrrole nitrogens is 1. The van der Waals surface area contributed by atoms with Crippen molar-refractivity contribution >= 4 is 22.5 Å². The first kappa shape index (κ1) is 19.2. The average molecular weight is 391 g/mol. The maximum Gasteiger partial charge on any atom is 0.255 e. The molecule has 2 aliphatic heterocycles. The number of carbonyl (C=O) groups is 1. The summed E-state index contributed by atoms with van der Waals surface area (Å²) < 4.78 is 0. The van der Waals surface area contributed by atoms with E-state index in [2.05, 4.69) is 21.7 Å². The Kier molecular flexibility index (Phi) is 5.12. The van der Waals surface area contributed by atoms with Gasteiger partial charge in [-0.25, -0.2) is 4.98 Å². The molecule has 29 heavy (non-hydrogen) atoms. The Morgan fingerprint density at radius 1 is 1.41 bits per heavy atom. The molecule has 0 saturated heterocycles. The number of hydrogen-bond acceptors (Lipinski definition) is 5. The van der Waals surface area contributed by atoms with Gasteiger partial charge >= 0.3 is 0 Å². The zero-order valence-corrected chi connectivity index (χ0v) is 16.6. The number of nitrogens with zero attached hydrogens (tertiary/aromatic N) is 2. The molecule has 0 radical (unpaired) electrons. The molecule has 7 nitrogen and oxygen atoms in total. The van der Waals surface area contributed by atoms with Gasteiger partial charge in [-0.3, -0.25) is 4.79 Å². The number of carbonyl (C=O) groups excluding carboxylic acids is 1. The van der Waals surface area contributed by atoms with Crippen LogP contribution in [-0.4, -0.2) is 39.7 Å². The van der Waals surface area contributed by atoms with Crippen LogP contribution in [0.5, 0.6) is 0 Å². The molecule has 3 aliphatic rings. The molecule has 1 aromatic rings. The van der Waals surface area contributed by atoms with E-state index in [1.165, 1.54) is 0 Å². The van der Waals surface area contributed by atoms with Gasteiger partial charge in [0.2, 0.25) is 0 Å². The van der Waals surface area contributed by atoms with Gasteiger partial charge in [-0.1, -0.05) is 0 Å². The zero-order valence-electron chi connectivity index (χ0n) is 16.6. The molecule has 150 valence electrons. The highest BCUT2D eigenvalue weighted by Crippen LogP contribution is 2.38. The number of rotatable bonds is 7. The van der Waals surface area contributed by atoms with Gasteiger partial charge in [0.05, 0.1) is 34.1 Å². The SMILES string of the molecule is CC(C)Nc1c(C(=O)NC(CCO)C2CC2)c[nH]c2c3ccc(C#N)cc3nc1-2. The Morgan fingerprint density at radius 3 is 2.86 bits per heavy atom. The van der Waals surface area contributed by atoms with Gasteiger partial charge in [-0.05, 0) is 57.2 Å². The molecule has 1 atom stereocenters. The lowest BCUT2D eigenvalue weighted by molar-refractivity contribution is 0.0924. The number of aliphatic hydroxyl groups excluding tert-OH is 1. The number of aliphatic hydroxyl groups is 1. The van der Waals surface area contributed by atoms with E-state index in [1.54, 1.807) is 18.3 Å². The summed E-state index contributed by atoms with van der Waals surface area (Å²) in [5.74, 6) is 0.269. The minimum absolute atomic E-state index is 0.0139. The normalized spacial score (nSPS) is 14.9. The summed E-state index contributed by atoms with van der Waals surface area (Å²) in [6.07, 6.45) is 4.45. The fraction of sp³-hybridized carbons (Fsp3) is 0.409. The van der Waals surface area contributed by atoms with Gasteiger partial charge in [0.25, 0.3) is 5.91 Å². The smallest absolute Gasteiger partial charge is 0.255 e. The maximum absolute atomic E-state index is 13.1. The van der Waals surface area contributed by atoms with Crippen LogP contribution in [0.1, 0.15) is 49.0 Å². The van der Waals surface area contributed by atoms with Crippen molar-refractivity contribution in [1.82, 2.24) is 15.3 Å². The molecular weight excluding hydrogens is 366 g/mol. The summed E-state index contributed by atoms with van der Waals surface area (Å²) in [6, 6.07) is 7.64. The first-order valence-electron chi connectivity index (χ1n) is 10.0. The van der Waals surface area contributed by atoms with Gasteiger partial charge in [-0.15, -0.1) is 0 Å². The monoisotopic (exact) mass is 391 g/mol. The fourth-order valence-electron chi connectivity index (χ4n) is 3.80. The van der Waals surface area contributed by atoms with Crippen molar-refractivity contribution in [2.75, 3.05) is 11.9 Å². The van der Waals surface area contributed by atoms with Gasteiger partial charge in [0.15, 0.2) is 0 Å². The number of anilines is 1. The lowest BCUT2D eigenvalue weighted by atomic mass is 10.1. The third-order valence-corrected chi connectivity index (χ3v) is 5.36. The lowest BCUT2D eigenvalue weighted by Gasteiger charge is -2.21. The third kappa shape index (κ3) is 3.76. The first-order valence-corrected chi connectivity index (χ1v) is 10.0. The van der Waals surface area contributed by atoms with Crippen LogP contribution in [0, 0.1) is 17.2 Å². The Morgan fingerprint density at radius 2 is 2.21 bits per heavy atom. The van der Waals surface area contributed by atoms with Gasteiger partial charge in [0.1, 0.15) is 5.69 Å². The summed E-state index contributed by atoms with van der Waals surface area (Å²) in [4.78, 5) is 21.0. The predicted molar refractivity (Wildman–Crippen MR) is 112 cm³/mol. The fourth-order valence-corrected chi connectivity index (χ4v) is 3.80. The number of nitrogens with one attached hydrogen (secondary N) is 3. The summed E-state index contributed by atoms with van der Waals surface area (Å²) in [6.45, 7) is 4.08. The molecule has 7 heteroatoms. The van der Waals surface area contributed by atoms with E-state index in [1.807, 2.05) is 19.9 Å². The highest BCUT2D eigenvalue weighted by Gasteiger charge is 2.33. The van der Waals surface area contributed by atoms with Crippen molar-refractivity contribution in [2.24, 2.45) is 5.92 Å². The summed E-state index contributed by atoms with van der Waals surface area (Å²) >= 11 is 0. The number of hydrogen-bond donors (Lipinski definition) is 4. The maximum atomic E-state index is 13.1. The molecule has 1 fully saturated rings. The average Bonchev–Trinajstić information content (AvgIpc) is 3.47. The quantitative estimate of drug-likeness (QED) is 0.494. The Hall–Kier alpha value is -3.11. The van der Waals surface area contributed by atoms with E-state index in [9.17, 15) is 15.2 Å². The van der Waals surface area contributed by atoms with Crippen molar-refractivity contribution in [3.63, 3.8) is 0 Å². The van der Waals surface area contributed by atoms with E-state index in [4.69, 9.17) is 4.98 Å². The molecule has 2 heterocycles. The molecule has 1 aliphatic carbocycles. The predicted octanol–water partition coefficient (Wildman–Crippen LogP) is 3.25. The number of nitriles is 1. The Labute approximate surface area is 169 Å². The first-order chi connectivity index (χ1) is 14.0. The van der Waals surface area contributed by atoms with E-state index in [0.29, 0.717) is 34.8 Å². The second-order valence-electron chi connectivity index (χ2n) is 7.99. The van der Waals surface area contributed by atoms with Crippen LogP contribution in [0.4, 0.5) is 5.69 Å². The van der Waals surface area contributed by atoms with E-state index < -0.39 is 0 Å². The van der Waals surface area contributed by atoms with Crippen molar-refractivity contribution in [2.45, 2.75) is 45.2 Å². The van der Waals surface area contributed by atoms with E-state index in [0.717, 1.165) is 29.4 Å². The molecule has 4 rings (SSSR count). The molecule has 1 aromatic carbocycles. The Bertz CT molecular complexity index is 1060. The largest absolute Gasteiger partial charge is 0.396 e. The Balaban J connectivity index is 1.78. The second-order valence-corrected chi connectivity index (χ2v) is 7.99. The number of benzene rings is 1. The van der Waals surface area contributed by atoms with Crippen LogP contribution in [-0.2, 0) is 0 Å². The van der Waals surface area contributed by atoms with Crippen LogP contribution in [0.2, 0.25) is 0 Å². The lowest BCUT2D eigenvalue weighted by Crippen LogP contribution is -2.37. The van der Waals surface area contributed by atoms with Gasteiger partial charge in [0, 0.05) is 30.3 Å². The number of amides is 1. The van der Waals surface area contributed by atoms with Crippen LogP contribution < -0.4 is 10.6 Å². The topological polar surface area (TPSA) is 114 Å². The molecule has 4 N–H and O–H groups in total. The summed E-state index contributed by atoms with van der Waals surface area (Å²) in [7, 11) is 0. The molecule has 1 amide bonds. The number of pyridine rings is 1. The van der Waals surface area contributed by atoms with Crippen LogP contribution in [0.25, 0.3) is 22.3 Å². The molecule has 1 unspecified atom stereocenters. The van der Waals surface area contributed by atoms with Crippen LogP contribution in [0.3, 0.4) is 0 Å². The highest BCUT2D eigenvalue weighted by atomic mass is 16.3. The second kappa shape index (κ2) is 7.72. The highest BCUT2D eigenvalue weighted by molar-refractivity contribution is 6.07. The molecule has 0 spiro atoms. The number of fused-ring (bicyclic) bond motifs is 3. The summed E-state index contributed by atoms with van der Waals surface area (Å²) in [5, 5.41) is 25.9. The summed E-state index contributed by atoms with van der Waals surface area (Å²) in [5.41, 5.74) is 3.96. The zero-order chi connectivity index (χ0) is 20.5. The van der Waals surface area contributed by atoms with Crippen LogP contribution >= 0.6 is 0 Å². The van der Waals surface area contributed by atoms with Gasteiger partial charge < -0.3 is 20.7 Å². The van der Waals surface area contributed by atoms with E-state index in [-0.39, 0.29) is 24.6 Å². The van der Waals surface area contributed by atoms with Crippen molar-refractivity contribution in [3.8, 4) is 17.5 Å². The minimum Gasteiger partial charge on any atom is -0.396 e. The molecule has 0 bridgehead atoms. The van der Waals surface area contributed by atoms with Crippen molar-refractivity contribution < 1.29 is 9.90 Å². The number of aromatic nitrogens is 2. The van der Waals surface area contributed by atoms with Crippen LogP contribution in [0.15, 0.2) is 24.4 Å². The molecule has 0 aromatic heterocycles. The van der Waals surface area contributed by atoms with E-state index >= 15 is 0 Å². The van der Waals surface area contributed by atoms with Crippen molar-refractivity contribution in [1.29, 1.82) is 5.26 Å². The van der Waals surface area contributed by atoms with Crippen molar-refractivity contribution in [3.05, 3.63) is 35.5 Å².